The number of carbonyl (C=O) groups is 1. The van der Waals surface area contributed by atoms with Gasteiger partial charge in [0.1, 0.15) is 10.6 Å². The van der Waals surface area contributed by atoms with Gasteiger partial charge in [0.25, 0.3) is 0 Å². The van der Waals surface area contributed by atoms with Crippen molar-refractivity contribution in [3.05, 3.63) is 18.2 Å². The largest absolute Gasteiger partial charge is 0.492 e. The van der Waals surface area contributed by atoms with Crippen molar-refractivity contribution in [1.82, 2.24) is 4.31 Å². The highest BCUT2D eigenvalue weighted by molar-refractivity contribution is 7.89. The quantitative estimate of drug-likeness (QED) is 0.730. The third kappa shape index (κ3) is 4.44. The normalized spacial score (nSPS) is 27.1. The zero-order valence-electron chi connectivity index (χ0n) is 16.9. The van der Waals surface area contributed by atoms with Gasteiger partial charge in [-0.05, 0) is 62.1 Å². The Morgan fingerprint density at radius 3 is 2.69 bits per heavy atom. The summed E-state index contributed by atoms with van der Waals surface area (Å²) in [5.74, 6) is 2.22. The van der Waals surface area contributed by atoms with Crippen molar-refractivity contribution in [3.8, 4) is 5.75 Å². The third-order valence-electron chi connectivity index (χ3n) is 6.45. The number of amides is 1. The predicted molar refractivity (Wildman–Crippen MR) is 109 cm³/mol. The topological polar surface area (TPSA) is 84.9 Å². The molecule has 1 aromatic carbocycles. The number of anilines is 1. The van der Waals surface area contributed by atoms with Crippen molar-refractivity contribution in [3.63, 3.8) is 0 Å². The van der Waals surface area contributed by atoms with Gasteiger partial charge in [0, 0.05) is 25.2 Å². The van der Waals surface area contributed by atoms with E-state index in [1.165, 1.54) is 29.6 Å². The smallest absolute Gasteiger partial charge is 0.246 e. The van der Waals surface area contributed by atoms with Gasteiger partial charge in [-0.3, -0.25) is 4.79 Å². The van der Waals surface area contributed by atoms with Crippen LogP contribution in [0.15, 0.2) is 23.1 Å². The van der Waals surface area contributed by atoms with E-state index in [4.69, 9.17) is 9.47 Å². The molecule has 3 fully saturated rings. The molecule has 1 N–H and O–H groups in total. The standard InChI is InChI=1S/C21H30N2O5S/c1-2-28-19-6-5-18(14-20(19)29(25,26)23-7-9-27-10-8-23)22-21(24)13-17-12-15-3-4-16(17)11-15/h5-6,14-17H,2-4,7-13H2,1H3,(H,22,24)/t15-,16+,17+/m0/s1. The zero-order valence-corrected chi connectivity index (χ0v) is 17.7. The molecular weight excluding hydrogens is 392 g/mol. The lowest BCUT2D eigenvalue weighted by Gasteiger charge is -2.27. The molecule has 7 nitrogen and oxygen atoms in total. The Hall–Kier alpha value is -1.64. The molecule has 2 bridgehead atoms. The Balaban J connectivity index is 1.50. The first-order chi connectivity index (χ1) is 14.0. The molecule has 4 rings (SSSR count). The van der Waals surface area contributed by atoms with Gasteiger partial charge in [0.05, 0.1) is 19.8 Å². The summed E-state index contributed by atoms with van der Waals surface area (Å²) >= 11 is 0. The second kappa shape index (κ2) is 8.62. The molecule has 3 atom stereocenters. The summed E-state index contributed by atoms with van der Waals surface area (Å²) in [5.41, 5.74) is 0.494. The van der Waals surface area contributed by atoms with Crippen LogP contribution in [0.3, 0.4) is 0 Å². The Kier molecular flexibility index (Phi) is 6.13. The van der Waals surface area contributed by atoms with E-state index in [1.54, 1.807) is 12.1 Å². The zero-order chi connectivity index (χ0) is 20.4. The summed E-state index contributed by atoms with van der Waals surface area (Å²) in [4.78, 5) is 12.7. The van der Waals surface area contributed by atoms with Crippen molar-refractivity contribution < 1.29 is 22.7 Å². The molecule has 2 aliphatic carbocycles. The SMILES string of the molecule is CCOc1ccc(NC(=O)C[C@H]2C[C@H]3CC[C@@H]2C3)cc1S(=O)(=O)N1CCOCC1. The van der Waals surface area contributed by atoms with Crippen LogP contribution in [0.1, 0.15) is 39.0 Å². The first-order valence-corrected chi connectivity index (χ1v) is 12.1. The molecule has 3 aliphatic rings. The number of nitrogens with one attached hydrogen (secondary N) is 1. The first-order valence-electron chi connectivity index (χ1n) is 10.6. The van der Waals surface area contributed by atoms with Crippen LogP contribution in [-0.2, 0) is 19.6 Å². The molecule has 0 unspecified atom stereocenters. The molecule has 1 aromatic rings. The van der Waals surface area contributed by atoms with Gasteiger partial charge in [0.2, 0.25) is 15.9 Å². The molecule has 2 saturated carbocycles. The molecule has 1 saturated heterocycles. The summed E-state index contributed by atoms with van der Waals surface area (Å²) in [5, 5.41) is 2.91. The van der Waals surface area contributed by atoms with Crippen molar-refractivity contribution >= 4 is 21.6 Å². The predicted octanol–water partition coefficient (Wildman–Crippen LogP) is 2.87. The van der Waals surface area contributed by atoms with E-state index in [1.807, 2.05) is 6.92 Å². The van der Waals surface area contributed by atoms with Crippen LogP contribution in [0.25, 0.3) is 0 Å². The highest BCUT2D eigenvalue weighted by atomic mass is 32.2. The fourth-order valence-corrected chi connectivity index (χ4v) is 6.63. The minimum atomic E-state index is -3.73. The van der Waals surface area contributed by atoms with E-state index < -0.39 is 10.0 Å². The number of nitrogens with zero attached hydrogens (tertiary/aromatic N) is 1. The van der Waals surface area contributed by atoms with Crippen LogP contribution in [0.4, 0.5) is 5.69 Å². The molecule has 1 aliphatic heterocycles. The van der Waals surface area contributed by atoms with Crippen LogP contribution in [0.2, 0.25) is 0 Å². The average Bonchev–Trinajstić information content (AvgIpc) is 3.33. The summed E-state index contributed by atoms with van der Waals surface area (Å²) in [7, 11) is -3.73. The number of hydrogen-bond donors (Lipinski definition) is 1. The monoisotopic (exact) mass is 422 g/mol. The fraction of sp³-hybridized carbons (Fsp3) is 0.667. The number of fused-ring (bicyclic) bond motifs is 2. The highest BCUT2D eigenvalue weighted by Gasteiger charge is 2.40. The van der Waals surface area contributed by atoms with Crippen molar-refractivity contribution in [2.24, 2.45) is 17.8 Å². The Morgan fingerprint density at radius 2 is 2.03 bits per heavy atom. The van der Waals surface area contributed by atoms with E-state index in [0.29, 0.717) is 62.6 Å². The minimum absolute atomic E-state index is 0.0403. The van der Waals surface area contributed by atoms with Crippen LogP contribution in [0.5, 0.6) is 5.75 Å². The molecule has 0 spiro atoms. The molecule has 160 valence electrons. The summed E-state index contributed by atoms with van der Waals surface area (Å²) < 4.78 is 38.6. The van der Waals surface area contributed by atoms with Gasteiger partial charge in [0.15, 0.2) is 0 Å². The molecule has 1 heterocycles. The molecule has 0 radical (unpaired) electrons. The number of sulfonamides is 1. The number of rotatable bonds is 7. The van der Waals surface area contributed by atoms with Gasteiger partial charge in [-0.25, -0.2) is 8.42 Å². The summed E-state index contributed by atoms with van der Waals surface area (Å²) in [6.07, 6.45) is 5.49. The van der Waals surface area contributed by atoms with Crippen LogP contribution in [0, 0.1) is 17.8 Å². The lowest BCUT2D eigenvalue weighted by atomic mass is 9.86. The Labute approximate surface area is 172 Å². The van der Waals surface area contributed by atoms with Gasteiger partial charge >= 0.3 is 0 Å². The molecular formula is C21H30N2O5S. The number of hydrogen-bond acceptors (Lipinski definition) is 5. The Bertz CT molecular complexity index is 851. The van der Waals surface area contributed by atoms with Crippen LogP contribution < -0.4 is 10.1 Å². The Morgan fingerprint density at radius 1 is 1.24 bits per heavy atom. The van der Waals surface area contributed by atoms with E-state index >= 15 is 0 Å². The summed E-state index contributed by atoms with van der Waals surface area (Å²) in [6.45, 7) is 3.56. The van der Waals surface area contributed by atoms with Gasteiger partial charge in [-0.2, -0.15) is 4.31 Å². The van der Waals surface area contributed by atoms with Crippen LogP contribution in [-0.4, -0.2) is 51.5 Å². The molecule has 29 heavy (non-hydrogen) atoms. The second-order valence-electron chi connectivity index (χ2n) is 8.30. The van der Waals surface area contributed by atoms with E-state index in [-0.39, 0.29) is 10.8 Å². The lowest BCUT2D eigenvalue weighted by Crippen LogP contribution is -2.40. The van der Waals surface area contributed by atoms with Gasteiger partial charge < -0.3 is 14.8 Å². The molecule has 8 heteroatoms. The van der Waals surface area contributed by atoms with E-state index in [9.17, 15) is 13.2 Å². The van der Waals surface area contributed by atoms with Gasteiger partial charge in [-0.1, -0.05) is 6.42 Å². The number of benzene rings is 1. The average molecular weight is 423 g/mol. The number of carbonyl (C=O) groups excluding carboxylic acids is 1. The van der Waals surface area contributed by atoms with Crippen molar-refractivity contribution in [1.29, 1.82) is 0 Å². The number of morpholine rings is 1. The summed E-state index contributed by atoms with van der Waals surface area (Å²) in [6, 6.07) is 4.86. The van der Waals surface area contributed by atoms with E-state index in [2.05, 4.69) is 5.32 Å². The minimum Gasteiger partial charge on any atom is -0.492 e. The fourth-order valence-electron chi connectivity index (χ4n) is 5.06. The maximum Gasteiger partial charge on any atom is 0.246 e. The maximum atomic E-state index is 13.2. The molecule has 1 amide bonds. The first kappa shape index (κ1) is 20.6. The third-order valence-corrected chi connectivity index (χ3v) is 8.37. The van der Waals surface area contributed by atoms with Crippen LogP contribution >= 0.6 is 0 Å². The highest BCUT2D eigenvalue weighted by Crippen LogP contribution is 2.49. The lowest BCUT2D eigenvalue weighted by molar-refractivity contribution is -0.117. The second-order valence-corrected chi connectivity index (χ2v) is 10.2. The van der Waals surface area contributed by atoms with Crippen molar-refractivity contribution in [2.75, 3.05) is 38.2 Å². The molecule has 0 aromatic heterocycles. The maximum absolute atomic E-state index is 13.2. The number of ether oxygens (including phenoxy) is 2. The van der Waals surface area contributed by atoms with Gasteiger partial charge in [-0.15, -0.1) is 0 Å². The van der Waals surface area contributed by atoms with Crippen molar-refractivity contribution in [2.45, 2.75) is 43.9 Å². The van der Waals surface area contributed by atoms with E-state index in [0.717, 1.165) is 12.3 Å².